The number of piperidine rings is 1. The summed E-state index contributed by atoms with van der Waals surface area (Å²) in [5.74, 6) is 0.610. The maximum atomic E-state index is 13.1. The zero-order valence-corrected chi connectivity index (χ0v) is 23.1. The van der Waals surface area contributed by atoms with E-state index in [2.05, 4.69) is 9.80 Å². The fraction of sp³-hybridized carbons (Fsp3) is 0.731. The summed E-state index contributed by atoms with van der Waals surface area (Å²) >= 11 is 0. The van der Waals surface area contributed by atoms with Crippen molar-refractivity contribution in [3.05, 3.63) is 23.3 Å². The van der Waals surface area contributed by atoms with Crippen molar-refractivity contribution in [2.45, 2.75) is 56.5 Å². The average Bonchev–Trinajstić information content (AvgIpc) is 3.71. The Balaban J connectivity index is 1.17. The van der Waals surface area contributed by atoms with Crippen LogP contribution in [0.5, 0.6) is 5.75 Å². The Bertz CT molecular complexity index is 990. The second-order valence-electron chi connectivity index (χ2n) is 10.4. The van der Waals surface area contributed by atoms with Gasteiger partial charge in [-0.3, -0.25) is 9.69 Å². The van der Waals surface area contributed by atoms with Gasteiger partial charge in [-0.25, -0.2) is 8.42 Å². The highest BCUT2D eigenvalue weighted by Crippen LogP contribution is 2.31. The molecule has 36 heavy (non-hydrogen) atoms. The fourth-order valence-electron chi connectivity index (χ4n) is 5.55. The van der Waals surface area contributed by atoms with Crippen LogP contribution in [0.1, 0.15) is 36.8 Å². The first-order chi connectivity index (χ1) is 17.2. The second kappa shape index (κ2) is 11.8. The van der Waals surface area contributed by atoms with Gasteiger partial charge in [0, 0.05) is 51.9 Å². The lowest BCUT2D eigenvalue weighted by Crippen LogP contribution is -2.55. The van der Waals surface area contributed by atoms with Gasteiger partial charge in [-0.1, -0.05) is 0 Å². The lowest BCUT2D eigenvalue weighted by molar-refractivity contribution is -0.138. The van der Waals surface area contributed by atoms with Crippen LogP contribution in [0.15, 0.2) is 17.0 Å². The molecule has 10 heteroatoms. The summed E-state index contributed by atoms with van der Waals surface area (Å²) in [5.41, 5.74) is 1.28. The highest BCUT2D eigenvalue weighted by molar-refractivity contribution is 7.89. The van der Waals surface area contributed by atoms with Crippen LogP contribution in [-0.4, -0.2) is 119 Å². The Kier molecular flexibility index (Phi) is 8.93. The minimum absolute atomic E-state index is 0.0196. The quantitative estimate of drug-likeness (QED) is 0.433. The van der Waals surface area contributed by atoms with Crippen LogP contribution >= 0.6 is 0 Å². The van der Waals surface area contributed by atoms with Gasteiger partial charge in [0.1, 0.15) is 12.4 Å². The number of nitrogens with zero attached hydrogens (tertiary/aromatic N) is 4. The molecular weight excluding hydrogens is 480 g/mol. The van der Waals surface area contributed by atoms with Crippen molar-refractivity contribution >= 4 is 15.9 Å². The Hall–Kier alpha value is -1.72. The monoisotopic (exact) mass is 522 g/mol. The summed E-state index contributed by atoms with van der Waals surface area (Å²) in [6.07, 6.45) is 5.22. The van der Waals surface area contributed by atoms with Crippen LogP contribution < -0.4 is 4.74 Å². The predicted molar refractivity (Wildman–Crippen MR) is 139 cm³/mol. The summed E-state index contributed by atoms with van der Waals surface area (Å²) in [6.45, 7) is 9.57. The molecular formula is C26H42N4O5S. The highest BCUT2D eigenvalue weighted by atomic mass is 32.2. The summed E-state index contributed by atoms with van der Waals surface area (Å²) in [5, 5.41) is 0. The zero-order valence-electron chi connectivity index (χ0n) is 22.2. The standard InChI is InChI=1S/C26H42N4O5S/c1-20-17-24(34-4)18-21(2)26(20)36(32,33)27(3)15-16-35-19-25(31)30-13-11-29(12-14-30)23-7-9-28(10-8-23)22-5-6-22/h17-18,22-23H,5-16,19H2,1-4H3. The summed E-state index contributed by atoms with van der Waals surface area (Å²) in [6, 6.07) is 4.94. The van der Waals surface area contributed by atoms with E-state index >= 15 is 0 Å². The molecule has 1 aliphatic carbocycles. The Morgan fingerprint density at radius 2 is 1.50 bits per heavy atom. The molecule has 0 bridgehead atoms. The van der Waals surface area contributed by atoms with E-state index < -0.39 is 10.0 Å². The largest absolute Gasteiger partial charge is 0.497 e. The number of benzene rings is 1. The number of piperazine rings is 1. The van der Waals surface area contributed by atoms with Crippen molar-refractivity contribution < 1.29 is 22.7 Å². The third kappa shape index (κ3) is 6.39. The van der Waals surface area contributed by atoms with E-state index in [1.807, 2.05) is 4.90 Å². The van der Waals surface area contributed by atoms with Crippen LogP contribution in [0.3, 0.4) is 0 Å². The minimum Gasteiger partial charge on any atom is -0.497 e. The zero-order chi connectivity index (χ0) is 25.9. The maximum Gasteiger partial charge on any atom is 0.248 e. The number of ether oxygens (including phenoxy) is 2. The molecule has 1 amide bonds. The third-order valence-corrected chi connectivity index (χ3v) is 10.0. The first kappa shape index (κ1) is 27.3. The summed E-state index contributed by atoms with van der Waals surface area (Å²) in [4.78, 5) is 20.0. The molecule has 2 heterocycles. The Labute approximate surface area is 216 Å². The number of hydrogen-bond acceptors (Lipinski definition) is 7. The molecule has 1 aromatic rings. The molecule has 3 aliphatic rings. The first-order valence-electron chi connectivity index (χ1n) is 13.2. The van der Waals surface area contributed by atoms with E-state index in [0.717, 1.165) is 32.2 Å². The molecule has 0 radical (unpaired) electrons. The first-order valence-corrected chi connectivity index (χ1v) is 14.6. The predicted octanol–water partition coefficient (Wildman–Crippen LogP) is 1.72. The molecule has 0 spiro atoms. The van der Waals surface area contributed by atoms with Gasteiger partial charge in [0.25, 0.3) is 0 Å². The SMILES string of the molecule is COc1cc(C)c(S(=O)(=O)N(C)CCOCC(=O)N2CCN(C3CCN(C4CC4)CC3)CC2)c(C)c1. The van der Waals surface area contributed by atoms with Gasteiger partial charge < -0.3 is 19.3 Å². The highest BCUT2D eigenvalue weighted by Gasteiger charge is 2.34. The lowest BCUT2D eigenvalue weighted by atomic mass is 10.0. The van der Waals surface area contributed by atoms with Gasteiger partial charge in [-0.15, -0.1) is 0 Å². The third-order valence-electron chi connectivity index (χ3n) is 7.86. The van der Waals surface area contributed by atoms with E-state index in [1.54, 1.807) is 33.1 Å². The number of amides is 1. The number of sulfonamides is 1. The van der Waals surface area contributed by atoms with Gasteiger partial charge in [-0.2, -0.15) is 4.31 Å². The molecule has 0 atom stereocenters. The normalized spacial score (nSPS) is 20.8. The van der Waals surface area contributed by atoms with Crippen molar-refractivity contribution in [1.82, 2.24) is 19.0 Å². The number of likely N-dealkylation sites (N-methyl/N-ethyl adjacent to an activating group) is 1. The van der Waals surface area contributed by atoms with Gasteiger partial charge >= 0.3 is 0 Å². The number of likely N-dealkylation sites (tertiary alicyclic amines) is 1. The average molecular weight is 523 g/mol. The number of methoxy groups -OCH3 is 1. The van der Waals surface area contributed by atoms with Crippen LogP contribution in [0, 0.1) is 13.8 Å². The van der Waals surface area contributed by atoms with E-state index in [-0.39, 0.29) is 30.6 Å². The molecule has 1 saturated carbocycles. The Morgan fingerprint density at radius 1 is 0.944 bits per heavy atom. The summed E-state index contributed by atoms with van der Waals surface area (Å²) in [7, 11) is -0.573. The van der Waals surface area contributed by atoms with Crippen LogP contribution in [0.25, 0.3) is 0 Å². The molecule has 0 aromatic heterocycles. The van der Waals surface area contributed by atoms with E-state index in [1.165, 1.54) is 50.1 Å². The molecule has 9 nitrogen and oxygen atoms in total. The number of aryl methyl sites for hydroxylation is 2. The molecule has 202 valence electrons. The molecule has 1 aromatic carbocycles. The van der Waals surface area contributed by atoms with Crippen molar-refractivity contribution in [2.24, 2.45) is 0 Å². The van der Waals surface area contributed by atoms with Crippen LogP contribution in [-0.2, 0) is 19.6 Å². The summed E-state index contributed by atoms with van der Waals surface area (Å²) < 4.78 is 38.3. The number of rotatable bonds is 10. The van der Waals surface area contributed by atoms with Crippen molar-refractivity contribution in [3.8, 4) is 5.75 Å². The van der Waals surface area contributed by atoms with Gasteiger partial charge in [0.15, 0.2) is 0 Å². The van der Waals surface area contributed by atoms with Crippen molar-refractivity contribution in [1.29, 1.82) is 0 Å². The lowest BCUT2D eigenvalue weighted by Gasteiger charge is -2.42. The molecule has 2 saturated heterocycles. The van der Waals surface area contributed by atoms with E-state index in [4.69, 9.17) is 9.47 Å². The number of carbonyl (C=O) groups is 1. The second-order valence-corrected chi connectivity index (χ2v) is 12.4. The topological polar surface area (TPSA) is 82.6 Å². The molecule has 4 rings (SSSR count). The fourth-order valence-corrected chi connectivity index (χ4v) is 7.11. The van der Waals surface area contributed by atoms with Gasteiger partial charge in [0.2, 0.25) is 15.9 Å². The van der Waals surface area contributed by atoms with Crippen molar-refractivity contribution in [3.63, 3.8) is 0 Å². The van der Waals surface area contributed by atoms with Gasteiger partial charge in [-0.05, 0) is 75.9 Å². The van der Waals surface area contributed by atoms with E-state index in [9.17, 15) is 13.2 Å². The van der Waals surface area contributed by atoms with Crippen LogP contribution in [0.2, 0.25) is 0 Å². The Morgan fingerprint density at radius 3 is 2.06 bits per heavy atom. The minimum atomic E-state index is -3.67. The molecule has 0 N–H and O–H groups in total. The van der Waals surface area contributed by atoms with Crippen LogP contribution in [0.4, 0.5) is 0 Å². The number of carbonyl (C=O) groups excluding carboxylic acids is 1. The molecule has 3 fully saturated rings. The smallest absolute Gasteiger partial charge is 0.248 e. The van der Waals surface area contributed by atoms with Gasteiger partial charge in [0.05, 0.1) is 18.6 Å². The molecule has 2 aliphatic heterocycles. The van der Waals surface area contributed by atoms with Crippen molar-refractivity contribution in [2.75, 3.05) is 73.2 Å². The maximum absolute atomic E-state index is 13.1. The van der Waals surface area contributed by atoms with E-state index in [0.29, 0.717) is 22.9 Å². The number of hydrogen-bond donors (Lipinski definition) is 0. The molecule has 0 unspecified atom stereocenters.